The van der Waals surface area contributed by atoms with Crippen LogP contribution in [0.15, 0.2) is 12.1 Å². The molecule has 1 aromatic rings. The molecule has 1 saturated heterocycles. The van der Waals surface area contributed by atoms with Crippen LogP contribution >= 0.6 is 0 Å². The highest BCUT2D eigenvalue weighted by atomic mass is 16.5. The van der Waals surface area contributed by atoms with E-state index in [1.54, 1.807) is 0 Å². The number of hydrogen-bond donors (Lipinski definition) is 2. The maximum Gasteiger partial charge on any atom is 0.165 e. The van der Waals surface area contributed by atoms with Crippen molar-refractivity contribution < 1.29 is 4.74 Å². The van der Waals surface area contributed by atoms with Gasteiger partial charge in [-0.1, -0.05) is 13.3 Å². The lowest BCUT2D eigenvalue weighted by molar-refractivity contribution is 0.323. The predicted octanol–water partition coefficient (Wildman–Crippen LogP) is 2.24. The van der Waals surface area contributed by atoms with Crippen molar-refractivity contribution in [1.82, 2.24) is 5.32 Å². The van der Waals surface area contributed by atoms with Crippen molar-refractivity contribution in [2.75, 3.05) is 49.5 Å². The third-order valence-corrected chi connectivity index (χ3v) is 4.07. The third-order valence-electron chi connectivity index (χ3n) is 4.07. The van der Waals surface area contributed by atoms with Gasteiger partial charge >= 0.3 is 0 Å². The van der Waals surface area contributed by atoms with Crippen LogP contribution in [0.1, 0.15) is 25.3 Å². The fourth-order valence-electron chi connectivity index (χ4n) is 2.96. The molecule has 0 spiro atoms. The van der Waals surface area contributed by atoms with Crippen molar-refractivity contribution in [2.45, 2.75) is 26.2 Å². The standard InChI is InChI=1S/C16H25N3O/c1-2-3-4-13-11-14-16(20-10-7-18-14)15(12-13)19-8-5-17-6-9-19/h11-12,17-18H,2-10H2,1H3. The molecule has 3 rings (SSSR count). The molecule has 20 heavy (non-hydrogen) atoms. The number of rotatable bonds is 4. The van der Waals surface area contributed by atoms with Gasteiger partial charge in [0.05, 0.1) is 11.4 Å². The van der Waals surface area contributed by atoms with E-state index in [0.717, 1.165) is 51.5 Å². The molecule has 2 aliphatic heterocycles. The zero-order valence-electron chi connectivity index (χ0n) is 12.4. The molecule has 1 aromatic carbocycles. The van der Waals surface area contributed by atoms with Gasteiger partial charge in [0.2, 0.25) is 0 Å². The fourth-order valence-corrected chi connectivity index (χ4v) is 2.96. The highest BCUT2D eigenvalue weighted by Crippen LogP contribution is 2.39. The molecule has 0 atom stereocenters. The predicted molar refractivity (Wildman–Crippen MR) is 84.1 cm³/mol. The van der Waals surface area contributed by atoms with E-state index in [1.807, 2.05) is 0 Å². The van der Waals surface area contributed by atoms with E-state index in [2.05, 4.69) is 34.6 Å². The second-order valence-electron chi connectivity index (χ2n) is 5.61. The maximum absolute atomic E-state index is 5.94. The van der Waals surface area contributed by atoms with Crippen LogP contribution in [0.5, 0.6) is 5.75 Å². The Hall–Kier alpha value is -1.42. The van der Waals surface area contributed by atoms with Crippen LogP contribution in [0, 0.1) is 0 Å². The molecule has 4 nitrogen and oxygen atoms in total. The Morgan fingerprint density at radius 3 is 2.85 bits per heavy atom. The normalized spacial score (nSPS) is 18.1. The lowest BCUT2D eigenvalue weighted by Crippen LogP contribution is -2.44. The molecule has 2 heterocycles. The van der Waals surface area contributed by atoms with Crippen molar-refractivity contribution in [3.05, 3.63) is 17.7 Å². The van der Waals surface area contributed by atoms with E-state index < -0.39 is 0 Å². The number of benzene rings is 1. The Morgan fingerprint density at radius 2 is 2.05 bits per heavy atom. The molecule has 2 aliphatic rings. The van der Waals surface area contributed by atoms with Crippen LogP contribution in [0.25, 0.3) is 0 Å². The molecule has 110 valence electrons. The van der Waals surface area contributed by atoms with Gasteiger partial charge in [0.25, 0.3) is 0 Å². The smallest absolute Gasteiger partial charge is 0.165 e. The summed E-state index contributed by atoms with van der Waals surface area (Å²) in [5.41, 5.74) is 3.89. The Morgan fingerprint density at radius 1 is 1.20 bits per heavy atom. The number of anilines is 2. The summed E-state index contributed by atoms with van der Waals surface area (Å²) >= 11 is 0. The van der Waals surface area contributed by atoms with Gasteiger partial charge in [-0.25, -0.2) is 0 Å². The van der Waals surface area contributed by atoms with E-state index in [0.29, 0.717) is 0 Å². The first-order valence-corrected chi connectivity index (χ1v) is 7.87. The lowest BCUT2D eigenvalue weighted by Gasteiger charge is -2.33. The molecule has 0 aromatic heterocycles. The van der Waals surface area contributed by atoms with Crippen molar-refractivity contribution in [2.24, 2.45) is 0 Å². The minimum Gasteiger partial charge on any atom is -0.487 e. The van der Waals surface area contributed by atoms with E-state index >= 15 is 0 Å². The lowest BCUT2D eigenvalue weighted by atomic mass is 10.0. The number of ether oxygens (including phenoxy) is 1. The highest BCUT2D eigenvalue weighted by Gasteiger charge is 2.21. The number of unbranched alkanes of at least 4 members (excludes halogenated alkanes) is 1. The van der Waals surface area contributed by atoms with Gasteiger partial charge in [0.15, 0.2) is 5.75 Å². The molecule has 0 saturated carbocycles. The SMILES string of the molecule is CCCCc1cc2c(c(N3CCNCC3)c1)OCCN2. The quantitative estimate of drug-likeness (QED) is 0.883. The van der Waals surface area contributed by atoms with Gasteiger partial charge in [-0.3, -0.25) is 0 Å². The first kappa shape index (κ1) is 13.6. The molecule has 0 bridgehead atoms. The topological polar surface area (TPSA) is 36.5 Å². The first-order chi connectivity index (χ1) is 9.88. The second-order valence-corrected chi connectivity index (χ2v) is 5.61. The van der Waals surface area contributed by atoms with Crippen molar-refractivity contribution in [3.8, 4) is 5.75 Å². The molecular formula is C16H25N3O. The van der Waals surface area contributed by atoms with Crippen LogP contribution in [-0.2, 0) is 6.42 Å². The summed E-state index contributed by atoms with van der Waals surface area (Å²) in [6.45, 7) is 8.16. The molecular weight excluding hydrogens is 250 g/mol. The van der Waals surface area contributed by atoms with Gasteiger partial charge < -0.3 is 20.3 Å². The van der Waals surface area contributed by atoms with Crippen molar-refractivity contribution in [1.29, 1.82) is 0 Å². The Balaban J connectivity index is 1.91. The van der Waals surface area contributed by atoms with Gasteiger partial charge in [-0.15, -0.1) is 0 Å². The zero-order valence-corrected chi connectivity index (χ0v) is 12.4. The fraction of sp³-hybridized carbons (Fsp3) is 0.625. The summed E-state index contributed by atoms with van der Waals surface area (Å²) < 4.78 is 5.94. The average molecular weight is 275 g/mol. The van der Waals surface area contributed by atoms with Gasteiger partial charge in [-0.05, 0) is 30.5 Å². The van der Waals surface area contributed by atoms with Crippen LogP contribution in [-0.4, -0.2) is 39.3 Å². The first-order valence-electron chi connectivity index (χ1n) is 7.87. The monoisotopic (exact) mass is 275 g/mol. The zero-order chi connectivity index (χ0) is 13.8. The number of fused-ring (bicyclic) bond motifs is 1. The number of hydrogen-bond acceptors (Lipinski definition) is 4. The molecule has 0 amide bonds. The number of aryl methyl sites for hydroxylation is 1. The second kappa shape index (κ2) is 6.35. The number of piperazine rings is 1. The van der Waals surface area contributed by atoms with Gasteiger partial charge in [0.1, 0.15) is 6.61 Å². The highest BCUT2D eigenvalue weighted by molar-refractivity contribution is 5.74. The molecule has 4 heteroatoms. The Kier molecular flexibility index (Phi) is 4.31. The summed E-state index contributed by atoms with van der Waals surface area (Å²) in [6, 6.07) is 4.61. The van der Waals surface area contributed by atoms with Crippen LogP contribution in [0.4, 0.5) is 11.4 Å². The minimum atomic E-state index is 0.764. The summed E-state index contributed by atoms with van der Waals surface area (Å²) in [6.07, 6.45) is 3.65. The summed E-state index contributed by atoms with van der Waals surface area (Å²) in [7, 11) is 0. The van der Waals surface area contributed by atoms with E-state index in [-0.39, 0.29) is 0 Å². The van der Waals surface area contributed by atoms with Crippen LogP contribution < -0.4 is 20.3 Å². The minimum absolute atomic E-state index is 0.764. The summed E-state index contributed by atoms with van der Waals surface area (Å²) in [4.78, 5) is 2.46. The van der Waals surface area contributed by atoms with Gasteiger partial charge in [-0.2, -0.15) is 0 Å². The number of nitrogens with one attached hydrogen (secondary N) is 2. The van der Waals surface area contributed by atoms with Crippen molar-refractivity contribution >= 4 is 11.4 Å². The molecule has 2 N–H and O–H groups in total. The largest absolute Gasteiger partial charge is 0.487 e. The molecule has 0 unspecified atom stereocenters. The van der Waals surface area contributed by atoms with E-state index in [4.69, 9.17) is 4.74 Å². The Labute approximate surface area is 121 Å². The molecule has 1 fully saturated rings. The Bertz CT molecular complexity index is 455. The molecule has 0 aliphatic carbocycles. The molecule has 0 radical (unpaired) electrons. The maximum atomic E-state index is 5.94. The number of nitrogens with zero attached hydrogens (tertiary/aromatic N) is 1. The summed E-state index contributed by atoms with van der Waals surface area (Å²) in [5, 5.41) is 6.91. The van der Waals surface area contributed by atoms with E-state index in [1.165, 1.54) is 29.8 Å². The van der Waals surface area contributed by atoms with E-state index in [9.17, 15) is 0 Å². The average Bonchev–Trinajstić information content (AvgIpc) is 2.53. The summed E-state index contributed by atoms with van der Waals surface area (Å²) in [5.74, 6) is 1.05. The van der Waals surface area contributed by atoms with Crippen LogP contribution in [0.3, 0.4) is 0 Å². The third kappa shape index (κ3) is 2.85. The van der Waals surface area contributed by atoms with Gasteiger partial charge in [0, 0.05) is 32.7 Å². The van der Waals surface area contributed by atoms with Crippen molar-refractivity contribution in [3.63, 3.8) is 0 Å². The van der Waals surface area contributed by atoms with Crippen LogP contribution in [0.2, 0.25) is 0 Å².